The highest BCUT2D eigenvalue weighted by Gasteiger charge is 2.53. The van der Waals surface area contributed by atoms with Crippen molar-refractivity contribution in [3.63, 3.8) is 0 Å². The summed E-state index contributed by atoms with van der Waals surface area (Å²) in [5.41, 5.74) is 2.48. The first-order valence-electron chi connectivity index (χ1n) is 12.8. The second kappa shape index (κ2) is 10.6. The number of amides is 1. The number of thiazole rings is 1. The van der Waals surface area contributed by atoms with Crippen LogP contribution in [0, 0.1) is 30.6 Å². The van der Waals surface area contributed by atoms with Gasteiger partial charge in [0, 0.05) is 24.4 Å². The van der Waals surface area contributed by atoms with E-state index in [-0.39, 0.29) is 29.6 Å². The Morgan fingerprint density at radius 3 is 2.73 bits per heavy atom. The van der Waals surface area contributed by atoms with Crippen LogP contribution >= 0.6 is 19.2 Å². The third-order valence-electron chi connectivity index (χ3n) is 8.28. The number of phosphoric ester groups is 1. The van der Waals surface area contributed by atoms with Gasteiger partial charge in [-0.25, -0.2) is 9.55 Å². The first-order chi connectivity index (χ1) is 17.6. The molecule has 3 aliphatic rings. The number of anilines is 1. The van der Waals surface area contributed by atoms with Crippen molar-refractivity contribution in [1.82, 2.24) is 4.98 Å². The molecule has 3 N–H and O–H groups in total. The maximum absolute atomic E-state index is 12.7. The molecule has 9 nitrogen and oxygen atoms in total. The molecule has 0 spiro atoms. The maximum atomic E-state index is 12.7. The monoisotopic (exact) mass is 548 g/mol. The van der Waals surface area contributed by atoms with Gasteiger partial charge in [0.15, 0.2) is 5.13 Å². The van der Waals surface area contributed by atoms with E-state index in [1.54, 1.807) is 6.20 Å². The summed E-state index contributed by atoms with van der Waals surface area (Å²) in [5, 5.41) is 3.46. The topological polar surface area (TPSA) is 135 Å². The quantitative estimate of drug-likeness (QED) is 0.251. The van der Waals surface area contributed by atoms with Crippen LogP contribution in [0.25, 0.3) is 0 Å². The van der Waals surface area contributed by atoms with Crippen LogP contribution in [0.4, 0.5) is 5.13 Å². The fourth-order valence-electron chi connectivity index (χ4n) is 7.14. The molecular formula is C26H33N2O7PS. The van der Waals surface area contributed by atoms with Crippen molar-refractivity contribution in [3.05, 3.63) is 40.4 Å². The van der Waals surface area contributed by atoms with Gasteiger partial charge in [0.25, 0.3) is 0 Å². The first-order valence-corrected chi connectivity index (χ1v) is 15.2. The number of hydrogen-bond donors (Lipinski definition) is 3. The largest absolute Gasteiger partial charge is 0.469 e. The van der Waals surface area contributed by atoms with E-state index in [1.807, 2.05) is 19.1 Å². The van der Waals surface area contributed by atoms with Crippen LogP contribution in [0.5, 0.6) is 5.75 Å². The predicted octanol–water partition coefficient (Wildman–Crippen LogP) is 4.97. The van der Waals surface area contributed by atoms with Crippen LogP contribution in [0.1, 0.15) is 67.4 Å². The zero-order chi connectivity index (χ0) is 26.3. The molecule has 6 atom stereocenters. The molecule has 37 heavy (non-hydrogen) atoms. The van der Waals surface area contributed by atoms with Crippen molar-refractivity contribution in [2.45, 2.75) is 70.8 Å². The fraction of sp³-hybridized carbons (Fsp3) is 0.577. The van der Waals surface area contributed by atoms with E-state index in [9.17, 15) is 23.9 Å². The third-order valence-corrected chi connectivity index (χ3v) is 9.65. The molecule has 0 aliphatic heterocycles. The number of benzene rings is 1. The number of nitrogens with zero attached hydrogens (tertiary/aromatic N) is 1. The Balaban J connectivity index is 1.34. The van der Waals surface area contributed by atoms with Crippen LogP contribution in [0.2, 0.25) is 0 Å². The van der Waals surface area contributed by atoms with E-state index < -0.39 is 13.9 Å². The van der Waals surface area contributed by atoms with Gasteiger partial charge in [0.05, 0.1) is 6.10 Å². The number of carbonyl (C=O) groups is 2. The number of nitrogens with one attached hydrogen (secondary N) is 1. The summed E-state index contributed by atoms with van der Waals surface area (Å²) < 4.78 is 22.4. The second-order valence-electron chi connectivity index (χ2n) is 10.6. The SMILES string of the molecule is CC(=O)Oc1ccc2c(c1)CCC1C2CC[C@H]2C1[C@H](CCC(=O)Nc1ncc(C)s1)C[C@@H]2OP(=O)(O)O. The number of esters is 1. The Kier molecular flexibility index (Phi) is 7.58. The summed E-state index contributed by atoms with van der Waals surface area (Å²) in [6.07, 6.45) is 6.28. The van der Waals surface area contributed by atoms with Crippen LogP contribution in [0.3, 0.4) is 0 Å². The summed E-state index contributed by atoms with van der Waals surface area (Å²) in [6, 6.07) is 5.89. The van der Waals surface area contributed by atoms with Gasteiger partial charge in [-0.2, -0.15) is 0 Å². The van der Waals surface area contributed by atoms with E-state index in [0.29, 0.717) is 42.0 Å². The lowest BCUT2D eigenvalue weighted by atomic mass is 9.59. The van der Waals surface area contributed by atoms with E-state index in [4.69, 9.17) is 9.26 Å². The molecule has 11 heteroatoms. The molecule has 1 aromatic heterocycles. The van der Waals surface area contributed by atoms with Crippen molar-refractivity contribution in [2.75, 3.05) is 5.32 Å². The van der Waals surface area contributed by atoms with Crippen LogP contribution in [-0.2, 0) is 25.1 Å². The standard InChI is InChI=1S/C26H33N2O7PS/c1-14-13-27-26(37-14)28-24(30)10-4-17-12-23(35-36(31,32)33)22-9-8-20-19-7-5-18(34-15(2)29)11-16(19)3-6-21(20)25(17)22/h5,7,11,13,17,20-23,25H,3-4,6,8-10,12H2,1-2H3,(H,27,28,30)(H2,31,32,33)/t17-,20?,21?,22-,23+,25?/m1/s1. The van der Waals surface area contributed by atoms with E-state index in [0.717, 1.165) is 30.6 Å². The fourth-order valence-corrected chi connectivity index (χ4v) is 8.41. The Bertz CT molecular complexity index is 1230. The van der Waals surface area contributed by atoms with Gasteiger partial charge in [-0.05, 0) is 98.3 Å². The number of aryl methyl sites for hydroxylation is 2. The minimum Gasteiger partial charge on any atom is -0.427 e. The normalized spacial score (nSPS) is 28.6. The van der Waals surface area contributed by atoms with Gasteiger partial charge in [-0.3, -0.25) is 14.1 Å². The zero-order valence-electron chi connectivity index (χ0n) is 21.0. The molecular weight excluding hydrogens is 515 g/mol. The number of rotatable bonds is 7. The molecule has 1 amide bonds. The van der Waals surface area contributed by atoms with E-state index in [1.165, 1.54) is 29.4 Å². The van der Waals surface area contributed by atoms with E-state index in [2.05, 4.69) is 16.4 Å². The average molecular weight is 549 g/mol. The average Bonchev–Trinajstić information content (AvgIpc) is 3.38. The molecule has 1 heterocycles. The maximum Gasteiger partial charge on any atom is 0.469 e. The molecule has 2 saturated carbocycles. The molecule has 3 aliphatic carbocycles. The Morgan fingerprint density at radius 1 is 1.22 bits per heavy atom. The molecule has 0 bridgehead atoms. The molecule has 2 fully saturated rings. The minimum absolute atomic E-state index is 0.0606. The number of hydrogen-bond acceptors (Lipinski definition) is 7. The molecule has 200 valence electrons. The van der Waals surface area contributed by atoms with Gasteiger partial charge in [0.1, 0.15) is 5.75 Å². The number of aromatic nitrogens is 1. The molecule has 0 saturated heterocycles. The Morgan fingerprint density at radius 2 is 2.03 bits per heavy atom. The molecule has 2 aromatic rings. The zero-order valence-corrected chi connectivity index (χ0v) is 22.7. The lowest BCUT2D eigenvalue weighted by Gasteiger charge is -2.46. The lowest BCUT2D eigenvalue weighted by molar-refractivity contribution is -0.131. The Labute approximate surface area is 220 Å². The first kappa shape index (κ1) is 26.5. The third kappa shape index (κ3) is 5.99. The molecule has 3 unspecified atom stereocenters. The van der Waals surface area contributed by atoms with Crippen molar-refractivity contribution < 1.29 is 33.2 Å². The van der Waals surface area contributed by atoms with Gasteiger partial charge >= 0.3 is 13.8 Å². The molecule has 1 aromatic carbocycles. The summed E-state index contributed by atoms with van der Waals surface area (Å²) in [7, 11) is -4.62. The van der Waals surface area contributed by atoms with Crippen molar-refractivity contribution in [3.8, 4) is 5.75 Å². The smallest absolute Gasteiger partial charge is 0.427 e. The van der Waals surface area contributed by atoms with Crippen molar-refractivity contribution in [1.29, 1.82) is 0 Å². The number of phosphoric acid groups is 1. The number of ether oxygens (including phenoxy) is 1. The van der Waals surface area contributed by atoms with Gasteiger partial charge < -0.3 is 19.8 Å². The summed E-state index contributed by atoms with van der Waals surface area (Å²) in [5.74, 6) is 1.24. The van der Waals surface area contributed by atoms with Gasteiger partial charge in [0.2, 0.25) is 5.91 Å². The summed E-state index contributed by atoms with van der Waals surface area (Å²) in [4.78, 5) is 48.4. The predicted molar refractivity (Wildman–Crippen MR) is 138 cm³/mol. The highest BCUT2D eigenvalue weighted by molar-refractivity contribution is 7.46. The summed E-state index contributed by atoms with van der Waals surface area (Å²) >= 11 is 1.43. The van der Waals surface area contributed by atoms with Gasteiger partial charge in [-0.1, -0.05) is 6.07 Å². The summed E-state index contributed by atoms with van der Waals surface area (Å²) in [6.45, 7) is 3.33. The van der Waals surface area contributed by atoms with Crippen LogP contribution in [-0.4, -0.2) is 32.8 Å². The van der Waals surface area contributed by atoms with E-state index >= 15 is 0 Å². The van der Waals surface area contributed by atoms with Crippen molar-refractivity contribution in [2.24, 2.45) is 23.7 Å². The van der Waals surface area contributed by atoms with Gasteiger partial charge in [-0.15, -0.1) is 11.3 Å². The molecule has 5 rings (SSSR count). The van der Waals surface area contributed by atoms with Crippen LogP contribution in [0.15, 0.2) is 24.4 Å². The number of fused-ring (bicyclic) bond motifs is 5. The highest BCUT2D eigenvalue weighted by Crippen LogP contribution is 2.60. The highest BCUT2D eigenvalue weighted by atomic mass is 32.1. The van der Waals surface area contributed by atoms with Crippen LogP contribution < -0.4 is 10.1 Å². The second-order valence-corrected chi connectivity index (χ2v) is 13.0. The van der Waals surface area contributed by atoms with Crippen molar-refractivity contribution >= 4 is 36.2 Å². The number of carbonyl (C=O) groups excluding carboxylic acids is 2. The lowest BCUT2D eigenvalue weighted by Crippen LogP contribution is -2.39. The minimum atomic E-state index is -4.62. The Hall–Kier alpha value is -2.10. The molecule has 0 radical (unpaired) electrons.